The van der Waals surface area contributed by atoms with Crippen molar-refractivity contribution in [3.63, 3.8) is 0 Å². The third-order valence-electron chi connectivity index (χ3n) is 3.93. The zero-order valence-corrected chi connectivity index (χ0v) is 14.7. The van der Waals surface area contributed by atoms with Crippen LogP contribution >= 0.6 is 11.6 Å². The molecule has 6 heteroatoms. The van der Waals surface area contributed by atoms with E-state index in [1.165, 1.54) is 0 Å². The highest BCUT2D eigenvalue weighted by Gasteiger charge is 2.32. The quantitative estimate of drug-likeness (QED) is 0.864. The normalized spacial score (nSPS) is 17.7. The van der Waals surface area contributed by atoms with Gasteiger partial charge in [-0.1, -0.05) is 36.7 Å². The second-order valence-corrected chi connectivity index (χ2v) is 6.68. The SMILES string of the molecule is C[C@H](CNC(=O)N(C)Cc1ccccc1Cl)CC1(C)OCCO1. The molecule has 0 aromatic heterocycles. The van der Waals surface area contributed by atoms with Gasteiger partial charge in [-0.05, 0) is 24.5 Å². The summed E-state index contributed by atoms with van der Waals surface area (Å²) in [5, 5.41) is 3.62. The first kappa shape index (κ1) is 18.0. The van der Waals surface area contributed by atoms with Crippen LogP contribution in [0.25, 0.3) is 0 Å². The topological polar surface area (TPSA) is 50.8 Å². The van der Waals surface area contributed by atoms with E-state index in [1.807, 2.05) is 31.2 Å². The number of amides is 2. The van der Waals surface area contributed by atoms with E-state index in [2.05, 4.69) is 12.2 Å². The average Bonchev–Trinajstić information content (AvgIpc) is 2.93. The summed E-state index contributed by atoms with van der Waals surface area (Å²) in [6.45, 7) is 6.34. The van der Waals surface area contributed by atoms with Crippen molar-refractivity contribution in [1.29, 1.82) is 0 Å². The molecule has 1 atom stereocenters. The van der Waals surface area contributed by atoms with Crippen molar-refractivity contribution in [2.75, 3.05) is 26.8 Å². The summed E-state index contributed by atoms with van der Waals surface area (Å²) >= 11 is 6.12. The van der Waals surface area contributed by atoms with E-state index in [0.717, 1.165) is 12.0 Å². The molecule has 0 spiro atoms. The molecule has 1 aliphatic rings. The van der Waals surface area contributed by atoms with Gasteiger partial charge in [0.25, 0.3) is 0 Å². The summed E-state index contributed by atoms with van der Waals surface area (Å²) in [6.07, 6.45) is 0.751. The number of ether oxygens (including phenoxy) is 2. The van der Waals surface area contributed by atoms with Gasteiger partial charge in [0, 0.05) is 31.6 Å². The van der Waals surface area contributed by atoms with Crippen LogP contribution in [0, 0.1) is 5.92 Å². The van der Waals surface area contributed by atoms with Crippen LogP contribution in [0.15, 0.2) is 24.3 Å². The number of nitrogens with zero attached hydrogens (tertiary/aromatic N) is 1. The van der Waals surface area contributed by atoms with Gasteiger partial charge in [-0.15, -0.1) is 0 Å². The van der Waals surface area contributed by atoms with Gasteiger partial charge >= 0.3 is 6.03 Å². The minimum absolute atomic E-state index is 0.116. The van der Waals surface area contributed by atoms with Crippen molar-refractivity contribution in [3.05, 3.63) is 34.9 Å². The number of carbonyl (C=O) groups is 1. The van der Waals surface area contributed by atoms with Crippen LogP contribution < -0.4 is 5.32 Å². The molecule has 128 valence electrons. The van der Waals surface area contributed by atoms with E-state index >= 15 is 0 Å². The Morgan fingerprint density at radius 1 is 1.39 bits per heavy atom. The number of hydrogen-bond acceptors (Lipinski definition) is 3. The summed E-state index contributed by atoms with van der Waals surface area (Å²) in [7, 11) is 1.76. The molecule has 0 bridgehead atoms. The lowest BCUT2D eigenvalue weighted by Crippen LogP contribution is -2.40. The Balaban J connectivity index is 1.76. The maximum absolute atomic E-state index is 12.2. The first-order valence-electron chi connectivity index (χ1n) is 7.90. The monoisotopic (exact) mass is 340 g/mol. The zero-order chi connectivity index (χ0) is 16.9. The second-order valence-electron chi connectivity index (χ2n) is 6.27. The van der Waals surface area contributed by atoms with Gasteiger partial charge in [0.2, 0.25) is 0 Å². The van der Waals surface area contributed by atoms with Crippen molar-refractivity contribution >= 4 is 17.6 Å². The lowest BCUT2D eigenvalue weighted by Gasteiger charge is -2.26. The summed E-state index contributed by atoms with van der Waals surface area (Å²) in [5.41, 5.74) is 0.931. The van der Waals surface area contributed by atoms with Gasteiger partial charge in [-0.3, -0.25) is 0 Å². The maximum Gasteiger partial charge on any atom is 0.317 e. The van der Waals surface area contributed by atoms with Crippen LogP contribution in [0.4, 0.5) is 4.79 Å². The number of hydrogen-bond donors (Lipinski definition) is 1. The van der Waals surface area contributed by atoms with Crippen LogP contribution in [0.2, 0.25) is 5.02 Å². The van der Waals surface area contributed by atoms with Gasteiger partial charge in [0.05, 0.1) is 13.2 Å². The van der Waals surface area contributed by atoms with E-state index in [4.69, 9.17) is 21.1 Å². The lowest BCUT2D eigenvalue weighted by molar-refractivity contribution is -0.153. The zero-order valence-electron chi connectivity index (χ0n) is 14.0. The lowest BCUT2D eigenvalue weighted by atomic mass is 10.0. The van der Waals surface area contributed by atoms with Crippen LogP contribution in [0.1, 0.15) is 25.8 Å². The van der Waals surface area contributed by atoms with E-state index < -0.39 is 5.79 Å². The van der Waals surface area contributed by atoms with Crippen LogP contribution in [0.3, 0.4) is 0 Å². The van der Waals surface area contributed by atoms with Crippen LogP contribution in [-0.2, 0) is 16.0 Å². The van der Waals surface area contributed by atoms with Gasteiger partial charge in [-0.25, -0.2) is 4.79 Å². The molecule has 1 heterocycles. The van der Waals surface area contributed by atoms with Crippen molar-refractivity contribution in [2.45, 2.75) is 32.6 Å². The Bertz CT molecular complexity index is 532. The molecule has 2 rings (SSSR count). The molecule has 5 nitrogen and oxygen atoms in total. The second kappa shape index (κ2) is 7.99. The summed E-state index contributed by atoms with van der Waals surface area (Å²) in [6, 6.07) is 7.42. The Morgan fingerprint density at radius 2 is 2.04 bits per heavy atom. The summed E-state index contributed by atoms with van der Waals surface area (Å²) < 4.78 is 11.2. The molecule has 0 saturated carbocycles. The van der Waals surface area contributed by atoms with E-state index in [0.29, 0.717) is 31.3 Å². The summed E-state index contributed by atoms with van der Waals surface area (Å²) in [4.78, 5) is 13.8. The highest BCUT2D eigenvalue weighted by Crippen LogP contribution is 2.26. The standard InChI is InChI=1S/C17H25ClN2O3/c1-13(10-17(2)22-8-9-23-17)11-19-16(21)20(3)12-14-6-4-5-7-15(14)18/h4-7,13H,8-12H2,1-3H3,(H,19,21)/t13-/m0/s1. The van der Waals surface area contributed by atoms with Crippen LogP contribution in [-0.4, -0.2) is 43.5 Å². The predicted octanol–water partition coefficient (Wildman–Crippen LogP) is 3.27. The molecule has 1 N–H and O–H groups in total. The van der Waals surface area contributed by atoms with E-state index in [9.17, 15) is 4.79 Å². The van der Waals surface area contributed by atoms with Crippen LogP contribution in [0.5, 0.6) is 0 Å². The number of benzene rings is 1. The smallest absolute Gasteiger partial charge is 0.317 e. The molecule has 0 radical (unpaired) electrons. The van der Waals surface area contributed by atoms with Gasteiger partial charge in [-0.2, -0.15) is 0 Å². The number of urea groups is 1. The fourth-order valence-electron chi connectivity index (χ4n) is 2.73. The third kappa shape index (κ3) is 5.37. The number of nitrogens with one attached hydrogen (secondary N) is 1. The van der Waals surface area contributed by atoms with E-state index in [1.54, 1.807) is 11.9 Å². The number of halogens is 1. The number of carbonyl (C=O) groups excluding carboxylic acids is 1. The molecule has 0 aliphatic carbocycles. The van der Waals surface area contributed by atoms with Gasteiger partial charge < -0.3 is 19.7 Å². The highest BCUT2D eigenvalue weighted by atomic mass is 35.5. The van der Waals surface area contributed by atoms with Gasteiger partial charge in [0.15, 0.2) is 5.79 Å². The minimum atomic E-state index is -0.520. The van der Waals surface area contributed by atoms with Gasteiger partial charge in [0.1, 0.15) is 0 Å². The molecule has 0 unspecified atom stereocenters. The molecule has 1 fully saturated rings. The Hall–Kier alpha value is -1.30. The van der Waals surface area contributed by atoms with Crippen molar-refractivity contribution in [3.8, 4) is 0 Å². The van der Waals surface area contributed by atoms with Crippen molar-refractivity contribution in [1.82, 2.24) is 10.2 Å². The molecule has 23 heavy (non-hydrogen) atoms. The largest absolute Gasteiger partial charge is 0.348 e. The molecule has 1 aliphatic heterocycles. The predicted molar refractivity (Wildman–Crippen MR) is 90.4 cm³/mol. The molecule has 2 amide bonds. The third-order valence-corrected chi connectivity index (χ3v) is 4.30. The van der Waals surface area contributed by atoms with E-state index in [-0.39, 0.29) is 11.9 Å². The molecular formula is C17H25ClN2O3. The Morgan fingerprint density at radius 3 is 2.70 bits per heavy atom. The molecule has 1 aromatic carbocycles. The molecular weight excluding hydrogens is 316 g/mol. The fraction of sp³-hybridized carbons (Fsp3) is 0.588. The minimum Gasteiger partial charge on any atom is -0.348 e. The fourth-order valence-corrected chi connectivity index (χ4v) is 2.93. The summed E-state index contributed by atoms with van der Waals surface area (Å²) in [5.74, 6) is -0.260. The molecule has 1 saturated heterocycles. The Kier molecular flexibility index (Phi) is 6.27. The highest BCUT2D eigenvalue weighted by molar-refractivity contribution is 6.31. The number of rotatable bonds is 6. The maximum atomic E-state index is 12.2. The first-order valence-corrected chi connectivity index (χ1v) is 8.28. The first-order chi connectivity index (χ1) is 10.9. The molecule has 1 aromatic rings. The van der Waals surface area contributed by atoms with Crippen molar-refractivity contribution < 1.29 is 14.3 Å². The average molecular weight is 341 g/mol. The van der Waals surface area contributed by atoms with Crippen molar-refractivity contribution in [2.24, 2.45) is 5.92 Å². The Labute approximate surface area is 142 Å².